The molecule has 0 saturated heterocycles. The number of sulfonamides is 1. The van der Waals surface area contributed by atoms with Gasteiger partial charge in [0.1, 0.15) is 15.9 Å². The number of fused-ring (bicyclic) bond motifs is 1. The molecule has 0 N–H and O–H groups in total. The molecule has 24 heavy (non-hydrogen) atoms. The first-order valence-corrected chi connectivity index (χ1v) is 8.78. The van der Waals surface area contributed by atoms with Gasteiger partial charge in [-0.15, -0.1) is 0 Å². The number of benzene rings is 1. The topological polar surface area (TPSA) is 76.6 Å². The summed E-state index contributed by atoms with van der Waals surface area (Å²) in [7, 11) is -1.63. The Labute approximate surface area is 144 Å². The molecule has 1 atom stereocenters. The predicted octanol–water partition coefficient (Wildman–Crippen LogP) is 2.46. The normalized spacial score (nSPS) is 13.2. The fourth-order valence-corrected chi connectivity index (χ4v) is 3.72. The maximum Gasteiger partial charge on any atom is 0.309 e. The second kappa shape index (κ2) is 7.00. The van der Waals surface area contributed by atoms with Crippen molar-refractivity contribution >= 4 is 38.5 Å². The molecule has 1 aromatic heterocycles. The van der Waals surface area contributed by atoms with Crippen LogP contribution in [0.1, 0.15) is 6.92 Å². The van der Waals surface area contributed by atoms with Crippen LogP contribution in [0.4, 0.5) is 4.39 Å². The van der Waals surface area contributed by atoms with E-state index in [9.17, 15) is 17.6 Å². The highest BCUT2D eigenvalue weighted by Crippen LogP contribution is 2.25. The molecule has 0 unspecified atom stereocenters. The van der Waals surface area contributed by atoms with Crippen LogP contribution in [0.15, 0.2) is 29.2 Å². The maximum atomic E-state index is 14.3. The van der Waals surface area contributed by atoms with E-state index in [2.05, 4.69) is 9.72 Å². The van der Waals surface area contributed by atoms with Crippen LogP contribution in [0.3, 0.4) is 0 Å². The molecule has 130 valence electrons. The number of rotatable bonds is 5. The standard InChI is InChI=1S/C15H16ClFN2O4S/c1-9(15(20)23-3)8-19(2)24(21,22)13-6-10-4-5-14(16)18-12(10)7-11(13)17/h4-7,9H,8H2,1-3H3/t9-/m1/s1. The first kappa shape index (κ1) is 18.6. The highest BCUT2D eigenvalue weighted by molar-refractivity contribution is 7.89. The lowest BCUT2D eigenvalue weighted by Crippen LogP contribution is -2.34. The van der Waals surface area contributed by atoms with Crippen molar-refractivity contribution in [2.24, 2.45) is 5.92 Å². The zero-order chi connectivity index (χ0) is 18.1. The average Bonchev–Trinajstić information content (AvgIpc) is 2.52. The summed E-state index contributed by atoms with van der Waals surface area (Å²) in [5.74, 6) is -2.16. The third-order valence-corrected chi connectivity index (χ3v) is 5.58. The first-order chi connectivity index (χ1) is 11.2. The van der Waals surface area contributed by atoms with Gasteiger partial charge >= 0.3 is 5.97 Å². The Kier molecular flexibility index (Phi) is 5.42. The molecule has 0 bridgehead atoms. The van der Waals surface area contributed by atoms with E-state index in [4.69, 9.17) is 11.6 Å². The molecular weight excluding hydrogens is 359 g/mol. The van der Waals surface area contributed by atoms with E-state index < -0.39 is 32.6 Å². The minimum Gasteiger partial charge on any atom is -0.469 e. The van der Waals surface area contributed by atoms with Gasteiger partial charge in [0.25, 0.3) is 0 Å². The molecule has 6 nitrogen and oxygen atoms in total. The van der Waals surface area contributed by atoms with Crippen LogP contribution in [0.2, 0.25) is 5.15 Å². The van der Waals surface area contributed by atoms with E-state index in [-0.39, 0.29) is 17.2 Å². The Hall–Kier alpha value is -1.77. The highest BCUT2D eigenvalue weighted by Gasteiger charge is 2.28. The predicted molar refractivity (Wildman–Crippen MR) is 87.7 cm³/mol. The number of methoxy groups -OCH3 is 1. The zero-order valence-electron chi connectivity index (χ0n) is 13.3. The van der Waals surface area contributed by atoms with E-state index in [1.54, 1.807) is 6.07 Å². The van der Waals surface area contributed by atoms with Gasteiger partial charge in [-0.3, -0.25) is 4.79 Å². The second-order valence-electron chi connectivity index (χ2n) is 5.32. The molecule has 1 heterocycles. The van der Waals surface area contributed by atoms with Crippen molar-refractivity contribution < 1.29 is 22.3 Å². The summed E-state index contributed by atoms with van der Waals surface area (Å²) in [6.07, 6.45) is 0. The van der Waals surface area contributed by atoms with Crippen LogP contribution in [0.5, 0.6) is 0 Å². The molecule has 0 radical (unpaired) electrons. The van der Waals surface area contributed by atoms with Gasteiger partial charge in [0.15, 0.2) is 0 Å². The minimum atomic E-state index is -4.12. The molecule has 0 aliphatic heterocycles. The van der Waals surface area contributed by atoms with Crippen LogP contribution in [0.25, 0.3) is 10.9 Å². The number of hydrogen-bond acceptors (Lipinski definition) is 5. The van der Waals surface area contributed by atoms with Crippen LogP contribution < -0.4 is 0 Å². The highest BCUT2D eigenvalue weighted by atomic mass is 35.5. The molecule has 0 amide bonds. The molecule has 2 rings (SSSR count). The molecule has 9 heteroatoms. The van der Waals surface area contributed by atoms with E-state index in [1.165, 1.54) is 33.2 Å². The van der Waals surface area contributed by atoms with Crippen LogP contribution in [-0.4, -0.2) is 44.4 Å². The Morgan fingerprint density at radius 2 is 2.08 bits per heavy atom. The van der Waals surface area contributed by atoms with Crippen molar-refractivity contribution in [3.8, 4) is 0 Å². The van der Waals surface area contributed by atoms with Crippen molar-refractivity contribution in [2.45, 2.75) is 11.8 Å². The van der Waals surface area contributed by atoms with E-state index in [0.29, 0.717) is 5.39 Å². The Morgan fingerprint density at radius 3 is 2.71 bits per heavy atom. The lowest BCUT2D eigenvalue weighted by Gasteiger charge is -2.20. The van der Waals surface area contributed by atoms with Gasteiger partial charge in [-0.2, -0.15) is 4.31 Å². The summed E-state index contributed by atoms with van der Waals surface area (Å²) >= 11 is 5.75. The van der Waals surface area contributed by atoms with Crippen molar-refractivity contribution in [2.75, 3.05) is 20.7 Å². The summed E-state index contributed by atoms with van der Waals surface area (Å²) in [6, 6.07) is 5.26. The summed E-state index contributed by atoms with van der Waals surface area (Å²) in [4.78, 5) is 14.9. The molecule has 0 fully saturated rings. The van der Waals surface area contributed by atoms with Crippen LogP contribution in [-0.2, 0) is 19.6 Å². The monoisotopic (exact) mass is 374 g/mol. The van der Waals surface area contributed by atoms with Gasteiger partial charge in [0.2, 0.25) is 10.0 Å². The Bertz CT molecular complexity index is 888. The van der Waals surface area contributed by atoms with Crippen LogP contribution in [0, 0.1) is 11.7 Å². The zero-order valence-corrected chi connectivity index (χ0v) is 14.9. The van der Waals surface area contributed by atoms with Crippen molar-refractivity contribution in [1.82, 2.24) is 9.29 Å². The van der Waals surface area contributed by atoms with Gasteiger partial charge in [-0.25, -0.2) is 17.8 Å². The summed E-state index contributed by atoms with van der Waals surface area (Å²) in [5, 5.41) is 0.621. The average molecular weight is 375 g/mol. The number of ether oxygens (including phenoxy) is 1. The van der Waals surface area contributed by atoms with E-state index in [0.717, 1.165) is 10.4 Å². The van der Waals surface area contributed by atoms with E-state index >= 15 is 0 Å². The number of esters is 1. The molecule has 0 saturated carbocycles. The number of pyridine rings is 1. The number of carbonyl (C=O) groups is 1. The van der Waals surface area contributed by atoms with Gasteiger partial charge in [0, 0.05) is 25.0 Å². The number of aromatic nitrogens is 1. The Morgan fingerprint density at radius 1 is 1.42 bits per heavy atom. The number of halogens is 2. The quantitative estimate of drug-likeness (QED) is 0.593. The van der Waals surface area contributed by atoms with Crippen molar-refractivity contribution in [3.63, 3.8) is 0 Å². The van der Waals surface area contributed by atoms with Crippen molar-refractivity contribution in [3.05, 3.63) is 35.2 Å². The lowest BCUT2D eigenvalue weighted by molar-refractivity contribution is -0.144. The van der Waals surface area contributed by atoms with Gasteiger partial charge in [-0.1, -0.05) is 18.5 Å². The van der Waals surface area contributed by atoms with E-state index in [1.807, 2.05) is 0 Å². The third-order valence-electron chi connectivity index (χ3n) is 3.53. The summed E-state index contributed by atoms with van der Waals surface area (Å²) in [6.45, 7) is 1.39. The smallest absolute Gasteiger partial charge is 0.309 e. The van der Waals surface area contributed by atoms with Gasteiger partial charge < -0.3 is 4.74 Å². The SMILES string of the molecule is COC(=O)[C@H](C)CN(C)S(=O)(=O)c1cc2ccc(Cl)nc2cc1F. The molecule has 0 aliphatic carbocycles. The first-order valence-electron chi connectivity index (χ1n) is 6.96. The fraction of sp³-hybridized carbons (Fsp3) is 0.333. The maximum absolute atomic E-state index is 14.3. The minimum absolute atomic E-state index is 0.134. The molecule has 0 spiro atoms. The third kappa shape index (κ3) is 3.66. The number of nitrogens with zero attached hydrogens (tertiary/aromatic N) is 2. The van der Waals surface area contributed by atoms with Gasteiger partial charge in [-0.05, 0) is 18.2 Å². The molecule has 0 aliphatic rings. The van der Waals surface area contributed by atoms with Crippen molar-refractivity contribution in [1.29, 1.82) is 0 Å². The largest absolute Gasteiger partial charge is 0.469 e. The Balaban J connectivity index is 2.41. The van der Waals surface area contributed by atoms with Crippen LogP contribution >= 0.6 is 11.6 Å². The van der Waals surface area contributed by atoms with Gasteiger partial charge in [0.05, 0.1) is 18.5 Å². The number of hydrogen-bond donors (Lipinski definition) is 0. The lowest BCUT2D eigenvalue weighted by atomic mass is 10.2. The summed E-state index contributed by atoms with van der Waals surface area (Å²) in [5.41, 5.74) is 0.254. The summed E-state index contributed by atoms with van der Waals surface area (Å²) < 4.78 is 45.0. The second-order valence-corrected chi connectivity index (χ2v) is 7.72. The molecular formula is C15H16ClFN2O4S. The number of carbonyl (C=O) groups excluding carboxylic acids is 1. The fourth-order valence-electron chi connectivity index (χ4n) is 2.22. The molecule has 2 aromatic rings. The molecule has 1 aromatic carbocycles.